The van der Waals surface area contributed by atoms with Gasteiger partial charge in [0.15, 0.2) is 0 Å². The highest BCUT2D eigenvalue weighted by atomic mass is 32.2. The van der Waals surface area contributed by atoms with Crippen molar-refractivity contribution in [2.24, 2.45) is 5.92 Å². The van der Waals surface area contributed by atoms with Crippen LogP contribution in [-0.2, 0) is 0 Å². The van der Waals surface area contributed by atoms with Gasteiger partial charge in [-0.05, 0) is 51.6 Å². The Hall–Kier alpha value is -1.64. The predicted molar refractivity (Wildman–Crippen MR) is 115 cm³/mol. The van der Waals surface area contributed by atoms with Crippen LogP contribution in [0.1, 0.15) is 50.6 Å². The van der Waals surface area contributed by atoms with Gasteiger partial charge in [0.05, 0.1) is 0 Å². The van der Waals surface area contributed by atoms with E-state index >= 15 is 0 Å². The van der Waals surface area contributed by atoms with Crippen LogP contribution in [0.3, 0.4) is 0 Å². The fraction of sp³-hybridized carbons (Fsp3) is 0.650. The van der Waals surface area contributed by atoms with Gasteiger partial charge in [0.2, 0.25) is 5.95 Å². The van der Waals surface area contributed by atoms with E-state index in [4.69, 9.17) is 4.98 Å². The minimum Gasteiger partial charge on any atom is -0.351 e. The molecule has 2 unspecified atom stereocenters. The van der Waals surface area contributed by atoms with Gasteiger partial charge in [0, 0.05) is 54.5 Å². The van der Waals surface area contributed by atoms with E-state index in [2.05, 4.69) is 26.3 Å². The lowest BCUT2D eigenvalue weighted by Crippen LogP contribution is -2.37. The Bertz CT molecular complexity index is 892. The summed E-state index contributed by atoms with van der Waals surface area (Å²) in [6, 6.07) is 2.52. The summed E-state index contributed by atoms with van der Waals surface area (Å²) in [7, 11) is 1.95. The highest BCUT2D eigenvalue weighted by Gasteiger charge is 2.28. The number of nitrogens with one attached hydrogen (secondary N) is 2. The third-order valence-corrected chi connectivity index (χ3v) is 6.91. The third-order valence-electron chi connectivity index (χ3n) is 6.11. The molecule has 1 saturated carbocycles. The molecular formula is C20H30N6OS. The molecule has 2 fully saturated rings. The first kappa shape index (κ1) is 19.7. The molecule has 4 rings (SSSR count). The number of anilines is 1. The van der Waals surface area contributed by atoms with Crippen molar-refractivity contribution in [3.8, 4) is 0 Å². The summed E-state index contributed by atoms with van der Waals surface area (Å²) in [6.07, 6.45) is 7.36. The average Bonchev–Trinajstić information content (AvgIpc) is 3.10. The molecule has 3 heterocycles. The lowest BCUT2D eigenvalue weighted by Gasteiger charge is -2.30. The van der Waals surface area contributed by atoms with Crippen molar-refractivity contribution in [1.29, 1.82) is 0 Å². The van der Waals surface area contributed by atoms with Gasteiger partial charge in [0.1, 0.15) is 5.65 Å². The van der Waals surface area contributed by atoms with Gasteiger partial charge in [-0.3, -0.25) is 14.1 Å². The summed E-state index contributed by atoms with van der Waals surface area (Å²) in [4.78, 5) is 22.3. The number of pyridine rings is 1. The Morgan fingerprint density at radius 1 is 1.21 bits per heavy atom. The van der Waals surface area contributed by atoms with Crippen LogP contribution in [0.4, 0.5) is 5.95 Å². The van der Waals surface area contributed by atoms with Crippen LogP contribution in [0.5, 0.6) is 0 Å². The highest BCUT2D eigenvalue weighted by molar-refractivity contribution is 7.95. The summed E-state index contributed by atoms with van der Waals surface area (Å²) in [6.45, 7) is 6.19. The third kappa shape index (κ3) is 3.90. The van der Waals surface area contributed by atoms with Gasteiger partial charge < -0.3 is 5.32 Å². The zero-order valence-corrected chi connectivity index (χ0v) is 17.8. The SMILES string of the molecule is CNSN1CCC(Nc2ncc3cc(C)c(=O)n(C4CCCC4C)c3n2)CC1. The summed E-state index contributed by atoms with van der Waals surface area (Å²) >= 11 is 1.67. The summed E-state index contributed by atoms with van der Waals surface area (Å²) in [5.74, 6) is 1.14. The molecule has 1 aliphatic heterocycles. The van der Waals surface area contributed by atoms with Crippen molar-refractivity contribution in [3.63, 3.8) is 0 Å². The predicted octanol–water partition coefficient (Wildman–Crippen LogP) is 3.12. The van der Waals surface area contributed by atoms with Crippen LogP contribution in [-0.4, -0.2) is 45.0 Å². The van der Waals surface area contributed by atoms with Crippen LogP contribution in [0, 0.1) is 12.8 Å². The quantitative estimate of drug-likeness (QED) is 0.744. The monoisotopic (exact) mass is 402 g/mol. The number of fused-ring (bicyclic) bond motifs is 1. The molecule has 2 aliphatic rings. The maximum Gasteiger partial charge on any atom is 0.255 e. The van der Waals surface area contributed by atoms with Gasteiger partial charge in [-0.25, -0.2) is 9.29 Å². The van der Waals surface area contributed by atoms with E-state index in [0.29, 0.717) is 17.9 Å². The zero-order valence-electron chi connectivity index (χ0n) is 16.9. The van der Waals surface area contributed by atoms with E-state index in [0.717, 1.165) is 48.9 Å². The maximum atomic E-state index is 13.0. The summed E-state index contributed by atoms with van der Waals surface area (Å²) in [5.41, 5.74) is 1.63. The van der Waals surface area contributed by atoms with Crippen molar-refractivity contribution in [2.45, 2.75) is 58.0 Å². The Balaban J connectivity index is 1.61. The Kier molecular flexibility index (Phi) is 5.89. The van der Waals surface area contributed by atoms with Crippen molar-refractivity contribution < 1.29 is 0 Å². The first-order valence-electron chi connectivity index (χ1n) is 10.3. The molecule has 2 N–H and O–H groups in total. The largest absolute Gasteiger partial charge is 0.351 e. The highest BCUT2D eigenvalue weighted by Crippen LogP contribution is 2.36. The van der Waals surface area contributed by atoms with Gasteiger partial charge in [-0.2, -0.15) is 4.98 Å². The van der Waals surface area contributed by atoms with Crippen molar-refractivity contribution in [2.75, 3.05) is 25.5 Å². The van der Waals surface area contributed by atoms with Crippen molar-refractivity contribution >= 4 is 29.1 Å². The van der Waals surface area contributed by atoms with Gasteiger partial charge in [-0.1, -0.05) is 13.3 Å². The number of rotatable bonds is 5. The molecule has 1 saturated heterocycles. The second-order valence-electron chi connectivity index (χ2n) is 8.09. The molecule has 0 spiro atoms. The lowest BCUT2D eigenvalue weighted by atomic mass is 10.1. The number of aromatic nitrogens is 3. The minimum atomic E-state index is 0.0910. The van der Waals surface area contributed by atoms with Crippen LogP contribution in [0.15, 0.2) is 17.1 Å². The molecular weight excluding hydrogens is 372 g/mol. The maximum absolute atomic E-state index is 13.0. The molecule has 0 amide bonds. The number of hydrogen-bond donors (Lipinski definition) is 2. The molecule has 2 aromatic heterocycles. The minimum absolute atomic E-state index is 0.0910. The van der Waals surface area contributed by atoms with E-state index in [1.165, 1.54) is 12.8 Å². The van der Waals surface area contributed by atoms with E-state index < -0.39 is 0 Å². The topological polar surface area (TPSA) is 75.1 Å². The van der Waals surface area contributed by atoms with Crippen LogP contribution in [0.2, 0.25) is 0 Å². The number of aryl methyl sites for hydroxylation is 1. The average molecular weight is 403 g/mol. The zero-order chi connectivity index (χ0) is 19.7. The second kappa shape index (κ2) is 8.39. The molecule has 8 heteroatoms. The van der Waals surface area contributed by atoms with E-state index in [1.54, 1.807) is 12.1 Å². The van der Waals surface area contributed by atoms with Gasteiger partial charge in [-0.15, -0.1) is 0 Å². The first-order valence-corrected chi connectivity index (χ1v) is 11.1. The Morgan fingerprint density at radius 3 is 2.68 bits per heavy atom. The van der Waals surface area contributed by atoms with Gasteiger partial charge >= 0.3 is 0 Å². The van der Waals surface area contributed by atoms with Crippen molar-refractivity contribution in [3.05, 3.63) is 28.2 Å². The van der Waals surface area contributed by atoms with Crippen LogP contribution < -0.4 is 15.6 Å². The van der Waals surface area contributed by atoms with Crippen LogP contribution in [0.25, 0.3) is 11.0 Å². The Morgan fingerprint density at radius 2 is 2.00 bits per heavy atom. The second-order valence-corrected chi connectivity index (χ2v) is 9.20. The molecule has 2 atom stereocenters. The molecule has 0 radical (unpaired) electrons. The normalized spacial score (nSPS) is 24.1. The van der Waals surface area contributed by atoms with Gasteiger partial charge in [0.25, 0.3) is 5.56 Å². The number of nitrogens with zero attached hydrogens (tertiary/aromatic N) is 4. The first-order chi connectivity index (χ1) is 13.6. The molecule has 152 valence electrons. The molecule has 0 aromatic carbocycles. The van der Waals surface area contributed by atoms with Crippen LogP contribution >= 0.6 is 12.1 Å². The molecule has 0 bridgehead atoms. The molecule has 28 heavy (non-hydrogen) atoms. The number of hydrogen-bond acceptors (Lipinski definition) is 7. The lowest BCUT2D eigenvalue weighted by molar-refractivity contribution is 0.356. The Labute approximate surface area is 170 Å². The summed E-state index contributed by atoms with van der Waals surface area (Å²) < 4.78 is 7.41. The fourth-order valence-electron chi connectivity index (χ4n) is 4.55. The standard InChI is InChI=1S/C20H30N6OS/c1-13-5-4-6-17(13)26-18-15(11-14(2)19(26)27)12-22-20(24-18)23-16-7-9-25(10-8-16)28-21-3/h11-13,16-17,21H,4-10H2,1-3H3,(H,22,23,24). The molecule has 2 aromatic rings. The van der Waals surface area contributed by atoms with E-state index in [-0.39, 0.29) is 11.6 Å². The smallest absolute Gasteiger partial charge is 0.255 e. The number of piperidine rings is 1. The summed E-state index contributed by atoms with van der Waals surface area (Å²) in [5, 5.41) is 4.45. The van der Waals surface area contributed by atoms with E-state index in [1.807, 2.05) is 30.8 Å². The molecule has 7 nitrogen and oxygen atoms in total. The fourth-order valence-corrected chi connectivity index (χ4v) is 5.20. The van der Waals surface area contributed by atoms with Crippen molar-refractivity contribution in [1.82, 2.24) is 23.6 Å². The molecule has 1 aliphatic carbocycles. The van der Waals surface area contributed by atoms with E-state index in [9.17, 15) is 4.79 Å².